The third kappa shape index (κ3) is 2.25. The maximum Gasteiger partial charge on any atom is 0.161 e. The molecule has 1 N–H and O–H groups in total. The largest absolute Gasteiger partial charge is 0.363 e. The lowest BCUT2D eigenvalue weighted by Crippen LogP contribution is -2.14. The minimum absolute atomic E-state index is 0.911. The Balaban J connectivity index is 2.05. The van der Waals surface area contributed by atoms with Gasteiger partial charge in [-0.3, -0.25) is 4.99 Å². The van der Waals surface area contributed by atoms with Crippen molar-refractivity contribution in [1.29, 1.82) is 0 Å². The smallest absolute Gasteiger partial charge is 0.161 e. The van der Waals surface area contributed by atoms with E-state index in [0.29, 0.717) is 0 Å². The first kappa shape index (κ1) is 8.63. The second-order valence-electron chi connectivity index (χ2n) is 3.03. The highest BCUT2D eigenvalue weighted by atomic mass is 32.2. The van der Waals surface area contributed by atoms with E-state index in [1.807, 2.05) is 0 Å². The van der Waals surface area contributed by atoms with E-state index in [1.54, 1.807) is 11.8 Å². The third-order valence-corrected chi connectivity index (χ3v) is 2.85. The molecule has 0 aliphatic carbocycles. The Bertz CT molecular complexity index is 316. The second kappa shape index (κ2) is 3.83. The molecule has 13 heavy (non-hydrogen) atoms. The van der Waals surface area contributed by atoms with E-state index in [2.05, 4.69) is 41.5 Å². The first-order valence-corrected chi connectivity index (χ1v) is 5.19. The molecule has 0 fully saturated rings. The molecule has 0 spiro atoms. The summed E-state index contributed by atoms with van der Waals surface area (Å²) < 4.78 is 0. The summed E-state index contributed by atoms with van der Waals surface area (Å²) in [7, 11) is 0. The standard InChI is InChI=1S/C10H12N2S/c1-8-2-4-9(5-3-8)13-10-11-6-7-12-10/h2-5H,6-7H2,1H3,(H,11,12). The highest BCUT2D eigenvalue weighted by Gasteiger charge is 2.05. The molecule has 0 bridgehead atoms. The van der Waals surface area contributed by atoms with Gasteiger partial charge in [0.25, 0.3) is 0 Å². The number of rotatable bonds is 1. The third-order valence-electron chi connectivity index (χ3n) is 1.88. The SMILES string of the molecule is Cc1ccc(SC2=NCCN2)cc1. The number of aryl methyl sites for hydroxylation is 1. The minimum atomic E-state index is 0.911. The fraction of sp³-hybridized carbons (Fsp3) is 0.300. The van der Waals surface area contributed by atoms with E-state index < -0.39 is 0 Å². The van der Waals surface area contributed by atoms with Gasteiger partial charge < -0.3 is 5.32 Å². The molecule has 0 radical (unpaired) electrons. The van der Waals surface area contributed by atoms with Crippen LogP contribution in [0.3, 0.4) is 0 Å². The van der Waals surface area contributed by atoms with Crippen LogP contribution in [0.2, 0.25) is 0 Å². The first-order chi connectivity index (χ1) is 6.34. The average Bonchev–Trinajstić information content (AvgIpc) is 2.62. The van der Waals surface area contributed by atoms with Gasteiger partial charge in [-0.15, -0.1) is 0 Å². The number of aliphatic imine (C=N–C) groups is 1. The van der Waals surface area contributed by atoms with Gasteiger partial charge in [-0.25, -0.2) is 0 Å². The quantitative estimate of drug-likeness (QED) is 0.736. The van der Waals surface area contributed by atoms with Gasteiger partial charge in [-0.05, 0) is 19.1 Å². The Morgan fingerprint density at radius 1 is 1.31 bits per heavy atom. The maximum absolute atomic E-state index is 4.32. The van der Waals surface area contributed by atoms with Crippen LogP contribution in [-0.2, 0) is 0 Å². The summed E-state index contributed by atoms with van der Waals surface area (Å²) in [4.78, 5) is 5.57. The van der Waals surface area contributed by atoms with E-state index >= 15 is 0 Å². The Morgan fingerprint density at radius 3 is 2.69 bits per heavy atom. The van der Waals surface area contributed by atoms with Crippen LogP contribution in [0.25, 0.3) is 0 Å². The van der Waals surface area contributed by atoms with Gasteiger partial charge in [0, 0.05) is 11.4 Å². The summed E-state index contributed by atoms with van der Waals surface area (Å²) in [6.07, 6.45) is 0. The summed E-state index contributed by atoms with van der Waals surface area (Å²) in [6.45, 7) is 3.99. The minimum Gasteiger partial charge on any atom is -0.363 e. The summed E-state index contributed by atoms with van der Waals surface area (Å²) in [5.41, 5.74) is 1.30. The Morgan fingerprint density at radius 2 is 2.08 bits per heavy atom. The molecule has 0 saturated carbocycles. The van der Waals surface area contributed by atoms with Gasteiger partial charge in [-0.1, -0.05) is 29.5 Å². The van der Waals surface area contributed by atoms with Crippen molar-refractivity contribution in [2.24, 2.45) is 4.99 Å². The van der Waals surface area contributed by atoms with E-state index in [9.17, 15) is 0 Å². The fourth-order valence-electron chi connectivity index (χ4n) is 1.16. The van der Waals surface area contributed by atoms with Crippen LogP contribution >= 0.6 is 11.8 Å². The number of nitrogens with one attached hydrogen (secondary N) is 1. The van der Waals surface area contributed by atoms with Crippen molar-refractivity contribution >= 4 is 16.9 Å². The second-order valence-corrected chi connectivity index (χ2v) is 4.09. The average molecular weight is 192 g/mol. The van der Waals surface area contributed by atoms with Crippen LogP contribution in [0.15, 0.2) is 34.2 Å². The highest BCUT2D eigenvalue weighted by molar-refractivity contribution is 8.13. The topological polar surface area (TPSA) is 24.4 Å². The lowest BCUT2D eigenvalue weighted by molar-refractivity contribution is 0.963. The fourth-order valence-corrected chi connectivity index (χ4v) is 1.99. The maximum atomic E-state index is 4.32. The molecule has 3 heteroatoms. The molecule has 0 amide bonds. The molecule has 68 valence electrons. The molecule has 0 unspecified atom stereocenters. The molecule has 0 aromatic heterocycles. The molecule has 1 aromatic rings. The van der Waals surface area contributed by atoms with Gasteiger partial charge >= 0.3 is 0 Å². The zero-order chi connectivity index (χ0) is 9.10. The number of hydrogen-bond acceptors (Lipinski definition) is 3. The van der Waals surface area contributed by atoms with Crippen LogP contribution in [-0.4, -0.2) is 18.3 Å². The molecular weight excluding hydrogens is 180 g/mol. The summed E-state index contributed by atoms with van der Waals surface area (Å²) in [6, 6.07) is 8.50. The molecule has 0 atom stereocenters. The van der Waals surface area contributed by atoms with Crippen molar-refractivity contribution in [2.75, 3.05) is 13.1 Å². The van der Waals surface area contributed by atoms with Crippen molar-refractivity contribution in [3.63, 3.8) is 0 Å². The van der Waals surface area contributed by atoms with E-state index in [1.165, 1.54) is 10.5 Å². The van der Waals surface area contributed by atoms with E-state index in [4.69, 9.17) is 0 Å². The van der Waals surface area contributed by atoms with Crippen molar-refractivity contribution in [3.8, 4) is 0 Å². The van der Waals surface area contributed by atoms with Gasteiger partial charge in [0.05, 0.1) is 6.54 Å². The normalized spacial score (nSPS) is 15.3. The Kier molecular flexibility index (Phi) is 2.54. The predicted octanol–water partition coefficient (Wildman–Crippen LogP) is 2.05. The van der Waals surface area contributed by atoms with Gasteiger partial charge in [0.15, 0.2) is 5.17 Å². The van der Waals surface area contributed by atoms with Crippen molar-refractivity contribution in [1.82, 2.24) is 5.32 Å². The van der Waals surface area contributed by atoms with Crippen molar-refractivity contribution in [2.45, 2.75) is 11.8 Å². The number of thioether (sulfide) groups is 1. The lowest BCUT2D eigenvalue weighted by Gasteiger charge is -2.01. The Labute approximate surface area is 82.5 Å². The van der Waals surface area contributed by atoms with Crippen LogP contribution in [0.1, 0.15) is 5.56 Å². The highest BCUT2D eigenvalue weighted by Crippen LogP contribution is 2.19. The lowest BCUT2D eigenvalue weighted by atomic mass is 10.2. The van der Waals surface area contributed by atoms with Crippen molar-refractivity contribution in [3.05, 3.63) is 29.8 Å². The molecule has 0 saturated heterocycles. The summed E-state index contributed by atoms with van der Waals surface area (Å²) in [5.74, 6) is 0. The first-order valence-electron chi connectivity index (χ1n) is 4.37. The molecule has 1 aromatic carbocycles. The molecule has 2 rings (SSSR count). The van der Waals surface area contributed by atoms with Crippen LogP contribution in [0.4, 0.5) is 0 Å². The summed E-state index contributed by atoms with van der Waals surface area (Å²) in [5, 5.41) is 4.28. The van der Waals surface area contributed by atoms with Crippen molar-refractivity contribution < 1.29 is 0 Å². The molecule has 1 aliphatic heterocycles. The number of nitrogens with zero attached hydrogens (tertiary/aromatic N) is 1. The molecule has 1 aliphatic rings. The molecule has 1 heterocycles. The Hall–Kier alpha value is -0.960. The number of benzene rings is 1. The van der Waals surface area contributed by atoms with Crippen LogP contribution in [0, 0.1) is 6.92 Å². The molecule has 2 nitrogen and oxygen atoms in total. The zero-order valence-corrected chi connectivity index (χ0v) is 8.40. The number of amidine groups is 1. The predicted molar refractivity (Wildman–Crippen MR) is 57.3 cm³/mol. The van der Waals surface area contributed by atoms with Gasteiger partial charge in [0.2, 0.25) is 0 Å². The van der Waals surface area contributed by atoms with Gasteiger partial charge in [0.1, 0.15) is 0 Å². The monoisotopic (exact) mass is 192 g/mol. The van der Waals surface area contributed by atoms with Crippen LogP contribution < -0.4 is 5.32 Å². The van der Waals surface area contributed by atoms with E-state index in [-0.39, 0.29) is 0 Å². The van der Waals surface area contributed by atoms with E-state index in [0.717, 1.165) is 18.3 Å². The summed E-state index contributed by atoms with van der Waals surface area (Å²) >= 11 is 1.70. The molecular formula is C10H12N2S. The number of hydrogen-bond donors (Lipinski definition) is 1. The van der Waals surface area contributed by atoms with Crippen LogP contribution in [0.5, 0.6) is 0 Å². The van der Waals surface area contributed by atoms with Gasteiger partial charge in [-0.2, -0.15) is 0 Å². The zero-order valence-electron chi connectivity index (χ0n) is 7.58.